The molecule has 3 aromatic carbocycles. The average molecular weight is 377 g/mol. The maximum atomic E-state index is 5.53. The first kappa shape index (κ1) is 17.2. The van der Waals surface area contributed by atoms with Crippen LogP contribution < -0.4 is 4.74 Å². The van der Waals surface area contributed by atoms with Crippen molar-refractivity contribution in [2.24, 2.45) is 0 Å². The highest BCUT2D eigenvalue weighted by molar-refractivity contribution is 6.06. The standard InChI is InChI=1S/C25H19N3O/c1-29-20-13-14-22-21(17-20)23(18-9-4-2-5-10-18)24(19-11-6-3-7-12-19)28(22)25-26-15-8-16-27-25/h2-17H,1H3. The lowest BCUT2D eigenvalue weighted by molar-refractivity contribution is 0.415. The predicted octanol–water partition coefficient (Wildman–Crippen LogP) is 5.76. The largest absolute Gasteiger partial charge is 0.497 e. The Morgan fingerprint density at radius 3 is 2.03 bits per heavy atom. The van der Waals surface area contributed by atoms with Crippen LogP contribution in [0.4, 0.5) is 0 Å². The van der Waals surface area contributed by atoms with Crippen LogP contribution in [0.1, 0.15) is 0 Å². The first-order chi connectivity index (χ1) is 14.4. The smallest absolute Gasteiger partial charge is 0.234 e. The Balaban J connectivity index is 1.97. The summed E-state index contributed by atoms with van der Waals surface area (Å²) in [4.78, 5) is 9.11. The first-order valence-electron chi connectivity index (χ1n) is 9.47. The second kappa shape index (κ2) is 7.24. The molecule has 0 N–H and O–H groups in total. The molecule has 2 heterocycles. The Labute approximate surface area is 169 Å². The number of methoxy groups -OCH3 is 1. The van der Waals surface area contributed by atoms with Crippen molar-refractivity contribution in [1.29, 1.82) is 0 Å². The van der Waals surface area contributed by atoms with E-state index in [1.54, 1.807) is 19.5 Å². The van der Waals surface area contributed by atoms with Crippen LogP contribution in [-0.2, 0) is 0 Å². The molecule has 0 saturated carbocycles. The number of hydrogen-bond donors (Lipinski definition) is 0. The summed E-state index contributed by atoms with van der Waals surface area (Å²) in [5.41, 5.74) is 5.48. The van der Waals surface area contributed by atoms with Crippen LogP contribution in [0, 0.1) is 0 Å². The minimum absolute atomic E-state index is 0.642. The van der Waals surface area contributed by atoms with E-state index in [9.17, 15) is 0 Å². The molecule has 5 aromatic rings. The van der Waals surface area contributed by atoms with Gasteiger partial charge >= 0.3 is 0 Å². The zero-order valence-corrected chi connectivity index (χ0v) is 16.0. The third-order valence-electron chi connectivity index (χ3n) is 5.04. The molecule has 0 spiro atoms. The van der Waals surface area contributed by atoms with E-state index in [0.29, 0.717) is 5.95 Å². The van der Waals surface area contributed by atoms with Gasteiger partial charge < -0.3 is 4.74 Å². The fourth-order valence-electron chi connectivity index (χ4n) is 3.78. The van der Waals surface area contributed by atoms with Gasteiger partial charge in [0.05, 0.1) is 18.3 Å². The normalized spacial score (nSPS) is 10.9. The lowest BCUT2D eigenvalue weighted by atomic mass is 9.98. The summed E-state index contributed by atoms with van der Waals surface area (Å²) in [7, 11) is 1.69. The number of rotatable bonds is 4. The number of hydrogen-bond acceptors (Lipinski definition) is 3. The molecule has 0 amide bonds. The highest BCUT2D eigenvalue weighted by atomic mass is 16.5. The Morgan fingerprint density at radius 2 is 1.38 bits per heavy atom. The van der Waals surface area contributed by atoms with Crippen LogP contribution in [0.25, 0.3) is 39.2 Å². The van der Waals surface area contributed by atoms with Crippen molar-refractivity contribution in [3.05, 3.63) is 97.3 Å². The summed E-state index contributed by atoms with van der Waals surface area (Å²) in [5.74, 6) is 1.46. The van der Waals surface area contributed by atoms with E-state index in [1.807, 2.05) is 24.3 Å². The molecule has 0 atom stereocenters. The van der Waals surface area contributed by atoms with Crippen LogP contribution in [0.3, 0.4) is 0 Å². The van der Waals surface area contributed by atoms with Gasteiger partial charge in [-0.2, -0.15) is 0 Å². The van der Waals surface area contributed by atoms with Gasteiger partial charge in [0, 0.05) is 23.3 Å². The Bertz CT molecular complexity index is 1260. The van der Waals surface area contributed by atoms with E-state index in [0.717, 1.165) is 39.0 Å². The van der Waals surface area contributed by atoms with Gasteiger partial charge in [-0.1, -0.05) is 60.7 Å². The summed E-state index contributed by atoms with van der Waals surface area (Å²) in [6, 6.07) is 28.8. The lowest BCUT2D eigenvalue weighted by Gasteiger charge is -2.11. The summed E-state index contributed by atoms with van der Waals surface area (Å²) >= 11 is 0. The van der Waals surface area contributed by atoms with Gasteiger partial charge in [-0.15, -0.1) is 0 Å². The van der Waals surface area contributed by atoms with Gasteiger partial charge in [-0.3, -0.25) is 4.57 Å². The highest BCUT2D eigenvalue weighted by Crippen LogP contribution is 2.43. The summed E-state index contributed by atoms with van der Waals surface area (Å²) in [6.07, 6.45) is 3.54. The second-order valence-corrected chi connectivity index (χ2v) is 6.72. The van der Waals surface area contributed by atoms with Crippen molar-refractivity contribution in [3.63, 3.8) is 0 Å². The fourth-order valence-corrected chi connectivity index (χ4v) is 3.78. The predicted molar refractivity (Wildman–Crippen MR) is 116 cm³/mol. The number of fused-ring (bicyclic) bond motifs is 1. The maximum absolute atomic E-state index is 5.53. The summed E-state index contributed by atoms with van der Waals surface area (Å²) in [6.45, 7) is 0. The van der Waals surface area contributed by atoms with Gasteiger partial charge in [-0.05, 0) is 35.4 Å². The number of aromatic nitrogens is 3. The minimum Gasteiger partial charge on any atom is -0.497 e. The Hall–Kier alpha value is -3.92. The lowest BCUT2D eigenvalue weighted by Crippen LogP contribution is -2.02. The van der Waals surface area contributed by atoms with Gasteiger partial charge in [0.15, 0.2) is 0 Å². The van der Waals surface area contributed by atoms with Crippen molar-refractivity contribution in [3.8, 4) is 34.1 Å². The molecular weight excluding hydrogens is 358 g/mol. The maximum Gasteiger partial charge on any atom is 0.234 e. The van der Waals surface area contributed by atoms with Crippen LogP contribution in [-0.4, -0.2) is 21.6 Å². The molecule has 29 heavy (non-hydrogen) atoms. The molecule has 0 fully saturated rings. The van der Waals surface area contributed by atoms with Crippen molar-refractivity contribution < 1.29 is 4.74 Å². The quantitative estimate of drug-likeness (QED) is 0.400. The van der Waals surface area contributed by atoms with Gasteiger partial charge in [0.1, 0.15) is 5.75 Å². The number of ether oxygens (including phenoxy) is 1. The fraction of sp³-hybridized carbons (Fsp3) is 0.0400. The third-order valence-corrected chi connectivity index (χ3v) is 5.04. The second-order valence-electron chi connectivity index (χ2n) is 6.72. The third kappa shape index (κ3) is 2.95. The van der Waals surface area contributed by atoms with Gasteiger partial charge in [0.2, 0.25) is 5.95 Å². The Morgan fingerprint density at radius 1 is 0.724 bits per heavy atom. The molecule has 140 valence electrons. The van der Waals surface area contributed by atoms with Crippen molar-refractivity contribution >= 4 is 10.9 Å². The molecule has 0 saturated heterocycles. The summed E-state index contributed by atoms with van der Waals surface area (Å²) in [5, 5.41) is 1.10. The van der Waals surface area contributed by atoms with E-state index in [4.69, 9.17) is 4.74 Å². The van der Waals surface area contributed by atoms with Crippen LogP contribution >= 0.6 is 0 Å². The molecule has 0 bridgehead atoms. The van der Waals surface area contributed by atoms with E-state index in [2.05, 4.69) is 75.2 Å². The van der Waals surface area contributed by atoms with Crippen LogP contribution in [0.15, 0.2) is 97.3 Å². The number of benzene rings is 3. The summed E-state index contributed by atoms with van der Waals surface area (Å²) < 4.78 is 7.66. The highest BCUT2D eigenvalue weighted by Gasteiger charge is 2.22. The molecule has 0 radical (unpaired) electrons. The van der Waals surface area contributed by atoms with Gasteiger partial charge in [0.25, 0.3) is 0 Å². The molecule has 4 heteroatoms. The molecule has 5 rings (SSSR count). The van der Waals surface area contributed by atoms with Crippen molar-refractivity contribution in [2.45, 2.75) is 0 Å². The number of nitrogens with zero attached hydrogens (tertiary/aromatic N) is 3. The molecule has 0 aliphatic carbocycles. The van der Waals surface area contributed by atoms with Gasteiger partial charge in [-0.25, -0.2) is 9.97 Å². The molecular formula is C25H19N3O. The molecule has 0 unspecified atom stereocenters. The van der Waals surface area contributed by atoms with Crippen LogP contribution in [0.5, 0.6) is 5.75 Å². The van der Waals surface area contributed by atoms with Crippen molar-refractivity contribution in [1.82, 2.24) is 14.5 Å². The Kier molecular flexibility index (Phi) is 4.30. The zero-order valence-electron chi connectivity index (χ0n) is 16.0. The van der Waals surface area contributed by atoms with E-state index in [-0.39, 0.29) is 0 Å². The van der Waals surface area contributed by atoms with Crippen molar-refractivity contribution in [2.75, 3.05) is 7.11 Å². The minimum atomic E-state index is 0.642. The zero-order chi connectivity index (χ0) is 19.6. The van der Waals surface area contributed by atoms with E-state index < -0.39 is 0 Å². The molecule has 0 aliphatic rings. The van der Waals surface area contributed by atoms with E-state index in [1.165, 1.54) is 0 Å². The molecule has 0 aliphatic heterocycles. The van der Waals surface area contributed by atoms with E-state index >= 15 is 0 Å². The molecule has 2 aromatic heterocycles. The SMILES string of the molecule is COc1ccc2c(c1)c(-c1ccccc1)c(-c1ccccc1)n2-c1ncccn1. The topological polar surface area (TPSA) is 39.9 Å². The average Bonchev–Trinajstić information content (AvgIpc) is 3.15. The first-order valence-corrected chi connectivity index (χ1v) is 9.47. The van der Waals surface area contributed by atoms with Crippen LogP contribution in [0.2, 0.25) is 0 Å². The molecule has 4 nitrogen and oxygen atoms in total. The monoisotopic (exact) mass is 377 g/mol.